The Labute approximate surface area is 217 Å². The lowest BCUT2D eigenvalue weighted by Crippen LogP contribution is -2.21. The number of hydrogen-bond acceptors (Lipinski definition) is 3. The lowest BCUT2D eigenvalue weighted by Gasteiger charge is -2.15. The average Bonchev–Trinajstić information content (AvgIpc) is 2.87. The number of nitrogens with zero attached hydrogens (tertiary/aromatic N) is 2. The summed E-state index contributed by atoms with van der Waals surface area (Å²) in [5, 5.41) is 0. The Bertz CT molecular complexity index is 1490. The Balaban J connectivity index is 1.55. The van der Waals surface area contributed by atoms with Crippen molar-refractivity contribution in [2.45, 2.75) is 25.9 Å². The number of benzene rings is 3. The van der Waals surface area contributed by atoms with Crippen molar-refractivity contribution < 1.29 is 39.9 Å². The molecule has 3 nitrogen and oxygen atoms in total. The first-order valence-electron chi connectivity index (χ1n) is 11.5. The van der Waals surface area contributed by atoms with E-state index in [0.717, 1.165) is 36.6 Å². The Kier molecular flexibility index (Phi) is 7.98. The fraction of sp³-hybridized carbons (Fsp3) is 0.143. The van der Waals surface area contributed by atoms with E-state index in [1.165, 1.54) is 12.1 Å². The van der Waals surface area contributed by atoms with Crippen LogP contribution in [-0.4, -0.2) is 16.1 Å². The van der Waals surface area contributed by atoms with Gasteiger partial charge in [0.1, 0.15) is 23.2 Å². The van der Waals surface area contributed by atoms with Crippen LogP contribution >= 0.6 is 0 Å². The number of alkyl halides is 2. The highest BCUT2D eigenvalue weighted by Crippen LogP contribution is 2.31. The second kappa shape index (κ2) is 11.2. The van der Waals surface area contributed by atoms with Gasteiger partial charge in [-0.15, -0.1) is 0 Å². The topological polar surface area (TPSA) is 35.0 Å². The molecule has 0 N–H and O–H groups in total. The van der Waals surface area contributed by atoms with Crippen molar-refractivity contribution in [2.75, 3.05) is 0 Å². The van der Waals surface area contributed by atoms with Crippen molar-refractivity contribution in [1.82, 2.24) is 9.97 Å². The minimum Gasteiger partial charge on any atom is -0.429 e. The van der Waals surface area contributed by atoms with Crippen LogP contribution in [0.2, 0.25) is 0 Å². The number of rotatable bonds is 8. The molecule has 4 aromatic rings. The molecule has 0 unspecified atom stereocenters. The van der Waals surface area contributed by atoms with E-state index in [2.05, 4.69) is 14.7 Å². The normalized spacial score (nSPS) is 11.8. The zero-order valence-electron chi connectivity index (χ0n) is 20.1. The van der Waals surface area contributed by atoms with Gasteiger partial charge in [-0.1, -0.05) is 25.5 Å². The minimum atomic E-state index is -4.28. The predicted molar refractivity (Wildman–Crippen MR) is 128 cm³/mol. The molecule has 0 saturated heterocycles. The Hall–Kier alpha value is -4.28. The molecule has 0 fully saturated rings. The molecule has 4 rings (SSSR count). The molecule has 0 aliphatic rings. The highest BCUT2D eigenvalue weighted by Gasteiger charge is 2.29. The fourth-order valence-electron chi connectivity index (χ4n) is 3.67. The molecule has 3 aromatic carbocycles. The highest BCUT2D eigenvalue weighted by molar-refractivity contribution is 5.70. The summed E-state index contributed by atoms with van der Waals surface area (Å²) < 4.78 is 116. The molecule has 11 heteroatoms. The van der Waals surface area contributed by atoms with E-state index in [9.17, 15) is 35.1 Å². The molecule has 1 aromatic heterocycles. The van der Waals surface area contributed by atoms with Gasteiger partial charge in [0.15, 0.2) is 23.3 Å². The molecule has 202 valence electrons. The minimum absolute atomic E-state index is 0.0610. The number of halogens is 8. The molecular formula is C28H18F8N2O. The van der Waals surface area contributed by atoms with Crippen molar-refractivity contribution in [2.24, 2.45) is 0 Å². The number of ether oxygens (including phenoxy) is 1. The molecule has 0 radical (unpaired) electrons. The van der Waals surface area contributed by atoms with Crippen LogP contribution in [0.25, 0.3) is 28.6 Å². The highest BCUT2D eigenvalue weighted by atomic mass is 19.3. The van der Waals surface area contributed by atoms with Gasteiger partial charge in [-0.2, -0.15) is 8.78 Å². The van der Waals surface area contributed by atoms with Gasteiger partial charge >= 0.3 is 6.11 Å². The van der Waals surface area contributed by atoms with Crippen LogP contribution in [-0.2, 0) is 6.42 Å². The first-order chi connectivity index (χ1) is 18.5. The predicted octanol–water partition coefficient (Wildman–Crippen LogP) is 8.28. The summed E-state index contributed by atoms with van der Waals surface area (Å²) in [6, 6.07) is 5.72. The fourth-order valence-corrected chi connectivity index (χ4v) is 3.67. The average molecular weight is 550 g/mol. The van der Waals surface area contributed by atoms with Gasteiger partial charge in [0.25, 0.3) is 0 Å². The lowest BCUT2D eigenvalue weighted by atomic mass is 10.0. The summed E-state index contributed by atoms with van der Waals surface area (Å²) >= 11 is 0. The number of hydrogen-bond donors (Lipinski definition) is 0. The summed E-state index contributed by atoms with van der Waals surface area (Å²) in [5.74, 6) is -9.64. The maximum absolute atomic E-state index is 14.9. The van der Waals surface area contributed by atoms with Gasteiger partial charge in [-0.25, -0.2) is 36.3 Å². The van der Waals surface area contributed by atoms with Crippen molar-refractivity contribution in [1.29, 1.82) is 0 Å². The van der Waals surface area contributed by atoms with Crippen LogP contribution in [0.5, 0.6) is 5.75 Å². The molecule has 0 aliphatic carbocycles. The molecule has 0 atom stereocenters. The molecule has 39 heavy (non-hydrogen) atoms. The molecule has 0 bridgehead atoms. The second-order valence-corrected chi connectivity index (χ2v) is 8.41. The van der Waals surface area contributed by atoms with E-state index in [1.807, 2.05) is 6.92 Å². The van der Waals surface area contributed by atoms with E-state index in [1.54, 1.807) is 12.4 Å². The quantitative estimate of drug-likeness (QED) is 0.164. The number of aromatic nitrogens is 2. The van der Waals surface area contributed by atoms with Crippen molar-refractivity contribution >= 4 is 6.08 Å². The molecule has 0 saturated carbocycles. The Morgan fingerprint density at radius 1 is 0.769 bits per heavy atom. The van der Waals surface area contributed by atoms with E-state index >= 15 is 0 Å². The van der Waals surface area contributed by atoms with Crippen LogP contribution in [0, 0.1) is 34.9 Å². The van der Waals surface area contributed by atoms with Gasteiger partial charge in [0.05, 0.1) is 0 Å². The van der Waals surface area contributed by atoms with Gasteiger partial charge in [-0.3, -0.25) is 0 Å². The third kappa shape index (κ3) is 6.42. The molecule has 1 heterocycles. The van der Waals surface area contributed by atoms with Crippen LogP contribution < -0.4 is 4.74 Å². The zero-order chi connectivity index (χ0) is 28.3. The molecular weight excluding hydrogens is 532 g/mol. The van der Waals surface area contributed by atoms with E-state index in [-0.39, 0.29) is 35.2 Å². The SMILES string of the molecule is CCCc1cnc(-c2ccc(-c3cc(F)c(C=CC(F)(F)Oc4cc(F)c(F)c(F)c4)c(F)c3)c(F)c2)nc1. The maximum Gasteiger partial charge on any atom is 0.419 e. The standard InChI is InChI=1S/C28H18F8N2O/c1-2-3-15-13-37-27(38-14-15)16-4-5-19(21(29)8-16)17-9-22(30)20(23(31)10-17)6-7-28(35,36)39-18-11-24(32)26(34)25(33)12-18/h4-14H,2-3H2,1H3. The Morgan fingerprint density at radius 2 is 1.36 bits per heavy atom. The van der Waals surface area contributed by atoms with Gasteiger partial charge < -0.3 is 4.74 Å². The van der Waals surface area contributed by atoms with Crippen molar-refractivity contribution in [3.8, 4) is 28.3 Å². The third-order valence-electron chi connectivity index (χ3n) is 5.52. The first kappa shape index (κ1) is 27.7. The van der Waals surface area contributed by atoms with Crippen molar-refractivity contribution in [3.63, 3.8) is 0 Å². The summed E-state index contributed by atoms with van der Waals surface area (Å²) in [7, 11) is 0. The lowest BCUT2D eigenvalue weighted by molar-refractivity contribution is -0.131. The second-order valence-electron chi connectivity index (χ2n) is 8.41. The first-order valence-corrected chi connectivity index (χ1v) is 11.5. The van der Waals surface area contributed by atoms with Gasteiger partial charge in [0, 0.05) is 47.3 Å². The van der Waals surface area contributed by atoms with Crippen LogP contribution in [0.4, 0.5) is 35.1 Å². The summed E-state index contributed by atoms with van der Waals surface area (Å²) in [5.41, 5.74) is -0.0190. The maximum atomic E-state index is 14.9. The summed E-state index contributed by atoms with van der Waals surface area (Å²) in [6.07, 6.45) is 0.946. The van der Waals surface area contributed by atoms with Gasteiger partial charge in [0.2, 0.25) is 0 Å². The molecule has 0 aliphatic heterocycles. The third-order valence-corrected chi connectivity index (χ3v) is 5.52. The zero-order valence-corrected chi connectivity index (χ0v) is 20.1. The van der Waals surface area contributed by atoms with Crippen LogP contribution in [0.1, 0.15) is 24.5 Å². The van der Waals surface area contributed by atoms with Crippen LogP contribution in [0.15, 0.2) is 60.9 Å². The van der Waals surface area contributed by atoms with E-state index in [4.69, 9.17) is 0 Å². The van der Waals surface area contributed by atoms with Crippen molar-refractivity contribution in [3.05, 3.63) is 107 Å². The summed E-state index contributed by atoms with van der Waals surface area (Å²) in [6.45, 7) is 2.00. The monoisotopic (exact) mass is 550 g/mol. The summed E-state index contributed by atoms with van der Waals surface area (Å²) in [4.78, 5) is 8.40. The van der Waals surface area contributed by atoms with E-state index < -0.39 is 52.3 Å². The molecule has 0 amide bonds. The van der Waals surface area contributed by atoms with E-state index in [0.29, 0.717) is 11.6 Å². The smallest absolute Gasteiger partial charge is 0.419 e. The van der Waals surface area contributed by atoms with Gasteiger partial charge in [-0.05, 0) is 41.8 Å². The largest absolute Gasteiger partial charge is 0.429 e. The van der Waals surface area contributed by atoms with Crippen LogP contribution in [0.3, 0.4) is 0 Å². The molecule has 0 spiro atoms. The number of aryl methyl sites for hydroxylation is 1. The Morgan fingerprint density at radius 3 is 1.92 bits per heavy atom.